The molecule has 1 aromatic heterocycles. The number of carbonyl (C=O) groups excluding carboxylic acids is 1. The highest BCUT2D eigenvalue weighted by Gasteiger charge is 2.18. The summed E-state index contributed by atoms with van der Waals surface area (Å²) in [5.41, 5.74) is 4.10. The zero-order chi connectivity index (χ0) is 18.6. The second-order valence-corrected chi connectivity index (χ2v) is 7.32. The summed E-state index contributed by atoms with van der Waals surface area (Å²) >= 11 is 0. The number of piperidine rings is 1. The molecule has 1 unspecified atom stereocenters. The fraction of sp³-hybridized carbons (Fsp3) is 0.304. The Morgan fingerprint density at radius 1 is 1.19 bits per heavy atom. The highest BCUT2D eigenvalue weighted by atomic mass is 16.2. The van der Waals surface area contributed by atoms with Crippen molar-refractivity contribution in [1.82, 2.24) is 15.2 Å². The highest BCUT2D eigenvalue weighted by Crippen LogP contribution is 2.24. The molecule has 1 fully saturated rings. The summed E-state index contributed by atoms with van der Waals surface area (Å²) in [6.07, 6.45) is 4.19. The van der Waals surface area contributed by atoms with Gasteiger partial charge in [-0.15, -0.1) is 0 Å². The molecule has 1 amide bonds. The van der Waals surface area contributed by atoms with Crippen molar-refractivity contribution in [2.24, 2.45) is 0 Å². The van der Waals surface area contributed by atoms with E-state index in [-0.39, 0.29) is 5.91 Å². The van der Waals surface area contributed by atoms with E-state index in [1.807, 2.05) is 49.6 Å². The number of rotatable bonds is 4. The summed E-state index contributed by atoms with van der Waals surface area (Å²) in [4.78, 5) is 19.2. The molecular weight excluding hydrogens is 334 g/mol. The van der Waals surface area contributed by atoms with Gasteiger partial charge in [0.1, 0.15) is 0 Å². The number of para-hydroxylation sites is 1. The number of benzene rings is 2. The van der Waals surface area contributed by atoms with Crippen molar-refractivity contribution >= 4 is 16.8 Å². The molecule has 1 N–H and O–H groups in total. The van der Waals surface area contributed by atoms with Crippen molar-refractivity contribution in [3.05, 3.63) is 77.5 Å². The Morgan fingerprint density at radius 2 is 2.07 bits per heavy atom. The minimum absolute atomic E-state index is 0.0570. The summed E-state index contributed by atoms with van der Waals surface area (Å²) in [5, 5.41) is 4.55. The molecule has 3 aromatic rings. The van der Waals surface area contributed by atoms with E-state index in [4.69, 9.17) is 0 Å². The molecule has 1 saturated heterocycles. The molecular formula is C23H25N3O. The van der Waals surface area contributed by atoms with E-state index in [0.717, 1.165) is 35.1 Å². The van der Waals surface area contributed by atoms with Crippen LogP contribution >= 0.6 is 0 Å². The standard InChI is InChI=1S/C23H25N3O/c1-26(16-20-11-13-25-22-10-3-2-9-21(20)22)23(27)18-7-4-6-17(14-18)19-8-5-12-24-15-19/h2-4,6-7,9-11,13-14,19,24H,5,8,12,15-16H2,1H3. The van der Waals surface area contributed by atoms with Gasteiger partial charge in [0.25, 0.3) is 5.91 Å². The number of hydrogen-bond acceptors (Lipinski definition) is 3. The minimum Gasteiger partial charge on any atom is -0.337 e. The lowest BCUT2D eigenvalue weighted by atomic mass is 9.90. The molecule has 138 valence electrons. The predicted octanol–water partition coefficient (Wildman–Crippen LogP) is 3.97. The third-order valence-corrected chi connectivity index (χ3v) is 5.40. The number of carbonyl (C=O) groups is 1. The van der Waals surface area contributed by atoms with Crippen LogP contribution in [0.2, 0.25) is 0 Å². The Morgan fingerprint density at radius 3 is 2.93 bits per heavy atom. The van der Waals surface area contributed by atoms with Crippen molar-refractivity contribution in [2.45, 2.75) is 25.3 Å². The van der Waals surface area contributed by atoms with E-state index in [2.05, 4.69) is 28.5 Å². The Hall–Kier alpha value is -2.72. The van der Waals surface area contributed by atoms with Crippen LogP contribution in [0.15, 0.2) is 60.8 Å². The molecule has 1 atom stereocenters. The molecule has 4 nitrogen and oxygen atoms in total. The van der Waals surface area contributed by atoms with E-state index in [1.54, 1.807) is 4.90 Å². The van der Waals surface area contributed by atoms with Crippen LogP contribution in [0.3, 0.4) is 0 Å². The van der Waals surface area contributed by atoms with Gasteiger partial charge in [-0.2, -0.15) is 0 Å². The predicted molar refractivity (Wildman–Crippen MR) is 109 cm³/mol. The normalized spacial score (nSPS) is 17.0. The number of hydrogen-bond donors (Lipinski definition) is 1. The Labute approximate surface area is 160 Å². The highest BCUT2D eigenvalue weighted by molar-refractivity contribution is 5.94. The summed E-state index contributed by atoms with van der Waals surface area (Å²) in [6, 6.07) is 18.2. The van der Waals surface area contributed by atoms with Crippen molar-refractivity contribution in [3.63, 3.8) is 0 Å². The topological polar surface area (TPSA) is 45.2 Å². The monoisotopic (exact) mass is 359 g/mol. The molecule has 0 aliphatic carbocycles. The zero-order valence-corrected chi connectivity index (χ0v) is 15.7. The third kappa shape index (κ3) is 3.86. The lowest BCUT2D eigenvalue weighted by Gasteiger charge is -2.24. The average Bonchev–Trinajstić information content (AvgIpc) is 2.74. The van der Waals surface area contributed by atoms with Gasteiger partial charge in [-0.3, -0.25) is 9.78 Å². The van der Waals surface area contributed by atoms with Crippen LogP contribution in [0.4, 0.5) is 0 Å². The van der Waals surface area contributed by atoms with E-state index in [9.17, 15) is 4.79 Å². The Kier molecular flexibility index (Phi) is 5.16. The van der Waals surface area contributed by atoms with Crippen molar-refractivity contribution in [2.75, 3.05) is 20.1 Å². The van der Waals surface area contributed by atoms with Crippen LogP contribution < -0.4 is 5.32 Å². The second kappa shape index (κ2) is 7.89. The van der Waals surface area contributed by atoms with Crippen LogP contribution in [0.25, 0.3) is 10.9 Å². The zero-order valence-electron chi connectivity index (χ0n) is 15.7. The largest absolute Gasteiger partial charge is 0.337 e. The van der Waals surface area contributed by atoms with Crippen molar-refractivity contribution in [1.29, 1.82) is 0 Å². The first-order valence-corrected chi connectivity index (χ1v) is 9.61. The fourth-order valence-corrected chi connectivity index (χ4v) is 3.90. The van der Waals surface area contributed by atoms with Crippen molar-refractivity contribution in [3.8, 4) is 0 Å². The first-order chi connectivity index (χ1) is 13.2. The van der Waals surface area contributed by atoms with Gasteiger partial charge >= 0.3 is 0 Å². The minimum atomic E-state index is 0.0570. The summed E-state index contributed by atoms with van der Waals surface area (Å²) < 4.78 is 0. The number of amides is 1. The molecule has 2 heterocycles. The lowest BCUT2D eigenvalue weighted by molar-refractivity contribution is 0.0785. The van der Waals surface area contributed by atoms with Gasteiger partial charge in [0.2, 0.25) is 0 Å². The Balaban J connectivity index is 1.53. The molecule has 1 aliphatic heterocycles. The average molecular weight is 359 g/mol. The number of fused-ring (bicyclic) bond motifs is 1. The Bertz CT molecular complexity index is 942. The first-order valence-electron chi connectivity index (χ1n) is 9.61. The number of nitrogens with one attached hydrogen (secondary N) is 1. The van der Waals surface area contributed by atoms with Crippen LogP contribution in [-0.2, 0) is 6.54 Å². The molecule has 0 spiro atoms. The van der Waals surface area contributed by atoms with Gasteiger partial charge in [0, 0.05) is 37.3 Å². The van der Waals surface area contributed by atoms with Gasteiger partial charge in [-0.05, 0) is 60.7 Å². The molecule has 4 heteroatoms. The van der Waals surface area contributed by atoms with Crippen LogP contribution in [0, 0.1) is 0 Å². The second-order valence-electron chi connectivity index (χ2n) is 7.32. The van der Waals surface area contributed by atoms with Crippen LogP contribution in [-0.4, -0.2) is 35.9 Å². The summed E-state index contributed by atoms with van der Waals surface area (Å²) in [7, 11) is 1.87. The van der Waals surface area contributed by atoms with E-state index < -0.39 is 0 Å². The molecule has 0 radical (unpaired) electrons. The molecule has 2 aromatic carbocycles. The third-order valence-electron chi connectivity index (χ3n) is 5.40. The maximum Gasteiger partial charge on any atom is 0.253 e. The fourth-order valence-electron chi connectivity index (χ4n) is 3.90. The molecule has 27 heavy (non-hydrogen) atoms. The number of nitrogens with zero attached hydrogens (tertiary/aromatic N) is 2. The van der Waals surface area contributed by atoms with Gasteiger partial charge in [0.05, 0.1) is 5.52 Å². The van der Waals surface area contributed by atoms with Crippen molar-refractivity contribution < 1.29 is 4.79 Å². The van der Waals surface area contributed by atoms with E-state index in [0.29, 0.717) is 12.5 Å². The molecule has 4 rings (SSSR count). The van der Waals surface area contributed by atoms with Gasteiger partial charge in [0.15, 0.2) is 0 Å². The lowest BCUT2D eigenvalue weighted by Crippen LogP contribution is -2.29. The number of pyridine rings is 1. The molecule has 0 bridgehead atoms. The maximum absolute atomic E-state index is 13.0. The smallest absolute Gasteiger partial charge is 0.253 e. The molecule has 0 saturated carbocycles. The van der Waals surface area contributed by atoms with E-state index >= 15 is 0 Å². The first kappa shape index (κ1) is 17.7. The van der Waals surface area contributed by atoms with Crippen LogP contribution in [0.1, 0.15) is 40.2 Å². The van der Waals surface area contributed by atoms with Gasteiger partial charge < -0.3 is 10.2 Å². The SMILES string of the molecule is CN(Cc1ccnc2ccccc12)C(=O)c1cccc(C2CCCNC2)c1. The summed E-state index contributed by atoms with van der Waals surface area (Å²) in [6.45, 7) is 2.66. The quantitative estimate of drug-likeness (QED) is 0.766. The number of aromatic nitrogens is 1. The maximum atomic E-state index is 13.0. The summed E-state index contributed by atoms with van der Waals surface area (Å²) in [5.74, 6) is 0.558. The van der Waals surface area contributed by atoms with E-state index in [1.165, 1.54) is 18.4 Å². The van der Waals surface area contributed by atoms with Crippen LogP contribution in [0.5, 0.6) is 0 Å². The molecule has 1 aliphatic rings. The van der Waals surface area contributed by atoms with Gasteiger partial charge in [-0.1, -0.05) is 30.3 Å². The van der Waals surface area contributed by atoms with Gasteiger partial charge in [-0.25, -0.2) is 0 Å².